The van der Waals surface area contributed by atoms with Gasteiger partial charge < -0.3 is 5.32 Å². The summed E-state index contributed by atoms with van der Waals surface area (Å²) >= 11 is 0. The molecule has 1 nitrogen and oxygen atoms in total. The molecule has 0 saturated heterocycles. The number of rotatable bonds is 8. The lowest BCUT2D eigenvalue weighted by Gasteiger charge is -2.04. The summed E-state index contributed by atoms with van der Waals surface area (Å²) in [4.78, 5) is 0. The van der Waals surface area contributed by atoms with Crippen LogP contribution < -0.4 is 5.32 Å². The van der Waals surface area contributed by atoms with Crippen LogP contribution in [0.15, 0.2) is 128 Å². The minimum absolute atomic E-state index is 0.945. The van der Waals surface area contributed by atoms with E-state index in [0.29, 0.717) is 0 Å². The van der Waals surface area contributed by atoms with Gasteiger partial charge in [0.1, 0.15) is 0 Å². The molecule has 3 aromatic rings. The zero-order chi connectivity index (χ0) is 22.2. The highest BCUT2D eigenvalue weighted by molar-refractivity contribution is 5.74. The maximum Gasteiger partial charge on any atom is 0.00833 e. The first-order valence-electron chi connectivity index (χ1n) is 10.8. The van der Waals surface area contributed by atoms with E-state index in [-0.39, 0.29) is 0 Å². The Morgan fingerprint density at radius 1 is 0.806 bits per heavy atom. The third kappa shape index (κ3) is 9.64. The molecule has 0 radical (unpaired) electrons. The normalized spacial score (nSPS) is 11.2. The first kappa shape index (κ1) is 23.7. The van der Waals surface area contributed by atoms with E-state index in [4.69, 9.17) is 0 Å². The van der Waals surface area contributed by atoms with Gasteiger partial charge in [-0.3, -0.25) is 0 Å². The minimum atomic E-state index is 0.945. The summed E-state index contributed by atoms with van der Waals surface area (Å²) in [6, 6.07) is 29.4. The molecule has 1 N–H and O–H groups in total. The zero-order valence-corrected chi connectivity index (χ0v) is 18.7. The SMILES string of the molecule is C=CN\C=C(/C=C\C=C\Cc1ccccc1)c1ccc(CC)cc1.Cc1ccccc1. The number of hydrogen-bond donors (Lipinski definition) is 1. The first-order valence-corrected chi connectivity index (χ1v) is 10.8. The average Bonchev–Trinajstić information content (AvgIpc) is 2.82. The molecule has 1 heteroatoms. The lowest BCUT2D eigenvalue weighted by molar-refractivity contribution is 1.14. The summed E-state index contributed by atoms with van der Waals surface area (Å²) in [5.41, 5.74) is 6.31. The van der Waals surface area contributed by atoms with Gasteiger partial charge in [0.25, 0.3) is 0 Å². The van der Waals surface area contributed by atoms with Gasteiger partial charge in [-0.15, -0.1) is 0 Å². The minimum Gasteiger partial charge on any atom is -0.368 e. The lowest BCUT2D eigenvalue weighted by Crippen LogP contribution is -1.94. The molecule has 158 valence electrons. The summed E-state index contributed by atoms with van der Waals surface area (Å²) in [6.45, 7) is 7.96. The van der Waals surface area contributed by atoms with Crippen molar-refractivity contribution >= 4 is 5.57 Å². The van der Waals surface area contributed by atoms with Gasteiger partial charge in [-0.25, -0.2) is 0 Å². The molecule has 0 spiro atoms. The fourth-order valence-corrected chi connectivity index (χ4v) is 2.90. The van der Waals surface area contributed by atoms with Crippen LogP contribution in [0.5, 0.6) is 0 Å². The predicted molar refractivity (Wildman–Crippen MR) is 137 cm³/mol. The van der Waals surface area contributed by atoms with E-state index >= 15 is 0 Å². The molecule has 0 atom stereocenters. The second kappa shape index (κ2) is 14.4. The van der Waals surface area contributed by atoms with Crippen LogP contribution in [0, 0.1) is 6.92 Å². The van der Waals surface area contributed by atoms with Crippen LogP contribution in [0.25, 0.3) is 5.57 Å². The van der Waals surface area contributed by atoms with E-state index in [1.54, 1.807) is 6.20 Å². The molecule has 0 aliphatic carbocycles. The summed E-state index contributed by atoms with van der Waals surface area (Å²) < 4.78 is 0. The average molecular weight is 408 g/mol. The number of benzene rings is 3. The molecule has 0 unspecified atom stereocenters. The fourth-order valence-electron chi connectivity index (χ4n) is 2.90. The number of hydrogen-bond acceptors (Lipinski definition) is 1. The molecule has 0 bridgehead atoms. The summed E-state index contributed by atoms with van der Waals surface area (Å²) in [7, 11) is 0. The van der Waals surface area contributed by atoms with Crippen LogP contribution in [-0.4, -0.2) is 0 Å². The van der Waals surface area contributed by atoms with Crippen molar-refractivity contribution in [3.8, 4) is 0 Å². The molecule has 0 fully saturated rings. The van der Waals surface area contributed by atoms with Gasteiger partial charge in [0, 0.05) is 6.20 Å². The highest BCUT2D eigenvalue weighted by Gasteiger charge is 1.97. The molecule has 3 aromatic carbocycles. The Hall–Kier alpha value is -3.58. The standard InChI is InChI=1S/C23H25N.C7H8/c1-3-20-15-17-22(18-16-20)23(19-24-4-2)14-10-6-9-13-21-11-7-5-8-12-21;1-7-5-3-2-4-6-7/h4-12,14-19,24H,2-3,13H2,1H3;2-6H,1H3/b9-6+,14-10-,23-19+;. The van der Waals surface area contributed by atoms with Gasteiger partial charge in [0.05, 0.1) is 0 Å². The van der Waals surface area contributed by atoms with Crippen molar-refractivity contribution in [3.63, 3.8) is 0 Å². The second-order valence-corrected chi connectivity index (χ2v) is 7.15. The van der Waals surface area contributed by atoms with E-state index in [1.807, 2.05) is 30.5 Å². The summed E-state index contributed by atoms with van der Waals surface area (Å²) in [5.74, 6) is 0. The third-order valence-electron chi connectivity index (χ3n) is 4.71. The van der Waals surface area contributed by atoms with Crippen LogP contribution in [0.3, 0.4) is 0 Å². The van der Waals surface area contributed by atoms with Gasteiger partial charge in [-0.05, 0) is 48.2 Å². The van der Waals surface area contributed by atoms with Crippen LogP contribution in [-0.2, 0) is 12.8 Å². The van der Waals surface area contributed by atoms with E-state index < -0.39 is 0 Å². The van der Waals surface area contributed by atoms with E-state index in [9.17, 15) is 0 Å². The number of aryl methyl sites for hydroxylation is 2. The van der Waals surface area contributed by atoms with Crippen LogP contribution in [0.2, 0.25) is 0 Å². The molecular formula is C30H33N. The Bertz CT molecular complexity index is 962. The molecule has 0 saturated carbocycles. The fraction of sp³-hybridized carbons (Fsp3) is 0.133. The Morgan fingerprint density at radius 3 is 2.00 bits per heavy atom. The molecule has 3 rings (SSSR count). The van der Waals surface area contributed by atoms with Crippen molar-refractivity contribution in [2.24, 2.45) is 0 Å². The van der Waals surface area contributed by atoms with Gasteiger partial charge in [-0.1, -0.05) is 128 Å². The van der Waals surface area contributed by atoms with Crippen molar-refractivity contribution in [1.82, 2.24) is 5.32 Å². The Kier molecular flexibility index (Phi) is 11.0. The van der Waals surface area contributed by atoms with Crippen LogP contribution in [0.4, 0.5) is 0 Å². The van der Waals surface area contributed by atoms with E-state index in [1.165, 1.54) is 22.3 Å². The molecule has 31 heavy (non-hydrogen) atoms. The maximum absolute atomic E-state index is 3.70. The molecule has 0 aromatic heterocycles. The highest BCUT2D eigenvalue weighted by Crippen LogP contribution is 2.16. The maximum atomic E-state index is 3.70. The summed E-state index contributed by atoms with van der Waals surface area (Å²) in [6.07, 6.45) is 14.1. The van der Waals surface area contributed by atoms with Gasteiger partial charge >= 0.3 is 0 Å². The Balaban J connectivity index is 0.000000412. The van der Waals surface area contributed by atoms with Crippen molar-refractivity contribution < 1.29 is 0 Å². The van der Waals surface area contributed by atoms with Crippen LogP contribution >= 0.6 is 0 Å². The molecule has 0 aliphatic rings. The number of allylic oxidation sites excluding steroid dienone is 5. The van der Waals surface area contributed by atoms with E-state index in [0.717, 1.165) is 18.4 Å². The Morgan fingerprint density at radius 2 is 1.45 bits per heavy atom. The van der Waals surface area contributed by atoms with Crippen molar-refractivity contribution in [1.29, 1.82) is 0 Å². The molecule has 0 aliphatic heterocycles. The molecular weight excluding hydrogens is 374 g/mol. The smallest absolute Gasteiger partial charge is 0.00833 e. The molecule has 0 amide bonds. The van der Waals surface area contributed by atoms with Crippen molar-refractivity contribution in [2.75, 3.05) is 0 Å². The Labute approximate surface area is 188 Å². The highest BCUT2D eigenvalue weighted by atomic mass is 14.8. The zero-order valence-electron chi connectivity index (χ0n) is 18.7. The topological polar surface area (TPSA) is 12.0 Å². The monoisotopic (exact) mass is 407 g/mol. The second-order valence-electron chi connectivity index (χ2n) is 7.15. The van der Waals surface area contributed by atoms with Gasteiger partial charge in [0.2, 0.25) is 0 Å². The van der Waals surface area contributed by atoms with Crippen molar-refractivity contribution in [2.45, 2.75) is 26.7 Å². The van der Waals surface area contributed by atoms with Crippen LogP contribution in [0.1, 0.15) is 29.2 Å². The first-order chi connectivity index (χ1) is 15.2. The van der Waals surface area contributed by atoms with Gasteiger partial charge in [0.15, 0.2) is 0 Å². The van der Waals surface area contributed by atoms with Gasteiger partial charge in [-0.2, -0.15) is 0 Å². The number of nitrogens with one attached hydrogen (secondary N) is 1. The predicted octanol–water partition coefficient (Wildman–Crippen LogP) is 7.67. The summed E-state index contributed by atoms with van der Waals surface area (Å²) in [5, 5.41) is 3.07. The van der Waals surface area contributed by atoms with Crippen molar-refractivity contribution in [3.05, 3.63) is 150 Å². The van der Waals surface area contributed by atoms with E-state index in [2.05, 4.69) is 111 Å². The lowest BCUT2D eigenvalue weighted by atomic mass is 10.0. The largest absolute Gasteiger partial charge is 0.368 e. The molecule has 0 heterocycles. The third-order valence-corrected chi connectivity index (χ3v) is 4.71. The quantitative estimate of drug-likeness (QED) is 0.378.